The summed E-state index contributed by atoms with van der Waals surface area (Å²) in [5, 5.41) is 7.01. The number of nitrogens with two attached hydrogens (primary N) is 2. The van der Waals surface area contributed by atoms with E-state index in [-0.39, 0.29) is 5.96 Å². The molecule has 1 aromatic rings. The highest BCUT2D eigenvalue weighted by Crippen LogP contribution is 2.12. The van der Waals surface area contributed by atoms with E-state index in [0.717, 1.165) is 5.56 Å². The Morgan fingerprint density at radius 1 is 1.29 bits per heavy atom. The van der Waals surface area contributed by atoms with Gasteiger partial charge in [-0.3, -0.25) is 0 Å². The Labute approximate surface area is 96.8 Å². The molecule has 5 nitrogen and oxygen atoms in total. The number of guanidine groups is 1. The molecule has 92 valence electrons. The van der Waals surface area contributed by atoms with Crippen molar-refractivity contribution in [2.75, 3.05) is 6.61 Å². The summed E-state index contributed by atoms with van der Waals surface area (Å²) >= 11 is 0. The molecule has 0 aromatic heterocycles. The molecule has 0 heterocycles. The molecule has 0 bridgehead atoms. The molecule has 17 heavy (non-hydrogen) atoms. The number of hydrogen-bond donors (Lipinski definition) is 2. The summed E-state index contributed by atoms with van der Waals surface area (Å²) in [5.74, 6) is 0.224. The summed E-state index contributed by atoms with van der Waals surface area (Å²) in [5.41, 5.74) is 10.9. The van der Waals surface area contributed by atoms with Crippen molar-refractivity contribution in [2.45, 2.75) is 6.43 Å². The van der Waals surface area contributed by atoms with Gasteiger partial charge in [-0.25, -0.2) is 8.78 Å². The summed E-state index contributed by atoms with van der Waals surface area (Å²) in [6.07, 6.45) is -1.06. The van der Waals surface area contributed by atoms with E-state index in [9.17, 15) is 8.78 Å². The summed E-state index contributed by atoms with van der Waals surface area (Å²) in [7, 11) is 0. The molecule has 0 aliphatic heterocycles. The Kier molecular flexibility index (Phi) is 4.86. The van der Waals surface area contributed by atoms with Gasteiger partial charge in [0.25, 0.3) is 6.43 Å². The van der Waals surface area contributed by atoms with Crippen molar-refractivity contribution < 1.29 is 13.5 Å². The molecular formula is C10H12F2N4O. The predicted molar refractivity (Wildman–Crippen MR) is 61.3 cm³/mol. The Bertz CT molecular complexity index is 399. The quantitative estimate of drug-likeness (QED) is 0.457. The first-order valence-electron chi connectivity index (χ1n) is 4.71. The number of halogens is 2. The van der Waals surface area contributed by atoms with Crippen molar-refractivity contribution in [1.29, 1.82) is 0 Å². The second-order valence-electron chi connectivity index (χ2n) is 3.04. The number of alkyl halides is 2. The molecule has 0 aliphatic carbocycles. The van der Waals surface area contributed by atoms with Crippen LogP contribution in [-0.4, -0.2) is 25.2 Å². The van der Waals surface area contributed by atoms with Crippen molar-refractivity contribution in [3.05, 3.63) is 29.8 Å². The Morgan fingerprint density at radius 3 is 2.47 bits per heavy atom. The normalized spacial score (nSPS) is 10.8. The van der Waals surface area contributed by atoms with Gasteiger partial charge in [-0.1, -0.05) is 0 Å². The third-order valence-corrected chi connectivity index (χ3v) is 1.64. The summed E-state index contributed by atoms with van der Waals surface area (Å²) < 4.78 is 28.5. The van der Waals surface area contributed by atoms with Gasteiger partial charge in [-0.15, -0.1) is 5.10 Å². The highest BCUT2D eigenvalue weighted by atomic mass is 19.3. The second kappa shape index (κ2) is 6.41. The van der Waals surface area contributed by atoms with E-state index >= 15 is 0 Å². The van der Waals surface area contributed by atoms with Crippen molar-refractivity contribution in [3.63, 3.8) is 0 Å². The van der Waals surface area contributed by atoms with Crippen LogP contribution in [0.2, 0.25) is 0 Å². The molecule has 1 aromatic carbocycles. The van der Waals surface area contributed by atoms with Gasteiger partial charge in [0.15, 0.2) is 0 Å². The Hall–Kier alpha value is -2.18. The van der Waals surface area contributed by atoms with Crippen LogP contribution in [0.5, 0.6) is 5.75 Å². The maximum Gasteiger partial charge on any atom is 0.272 e. The van der Waals surface area contributed by atoms with E-state index in [1.165, 1.54) is 6.21 Å². The summed E-state index contributed by atoms with van der Waals surface area (Å²) in [6, 6.07) is 6.40. The van der Waals surface area contributed by atoms with Crippen LogP contribution < -0.4 is 16.2 Å². The molecular weight excluding hydrogens is 230 g/mol. The van der Waals surface area contributed by atoms with Crippen LogP contribution in [0.3, 0.4) is 0 Å². The third-order valence-electron chi connectivity index (χ3n) is 1.64. The van der Waals surface area contributed by atoms with E-state index in [1.807, 2.05) is 0 Å². The summed E-state index contributed by atoms with van der Waals surface area (Å²) in [4.78, 5) is 0. The fourth-order valence-electron chi connectivity index (χ4n) is 0.972. The molecule has 0 fully saturated rings. The standard InChI is InChI=1S/C10H12F2N4O/c11-9(12)6-17-8-3-1-7(2-4-8)5-15-16-10(13)14/h1-5,9H,6H2,(H4,13,14,16). The minimum atomic E-state index is -2.49. The molecule has 0 radical (unpaired) electrons. The minimum Gasteiger partial charge on any atom is -0.488 e. The Balaban J connectivity index is 2.56. The average molecular weight is 242 g/mol. The molecule has 1 rings (SSSR count). The van der Waals surface area contributed by atoms with Crippen molar-refractivity contribution in [1.82, 2.24) is 0 Å². The van der Waals surface area contributed by atoms with Gasteiger partial charge in [0, 0.05) is 0 Å². The maximum atomic E-state index is 11.9. The van der Waals surface area contributed by atoms with Crippen molar-refractivity contribution in [3.8, 4) is 5.75 Å². The topological polar surface area (TPSA) is 86.0 Å². The molecule has 4 N–H and O–H groups in total. The number of ether oxygens (including phenoxy) is 1. The van der Waals surface area contributed by atoms with Gasteiger partial charge in [0.1, 0.15) is 12.4 Å². The van der Waals surface area contributed by atoms with E-state index in [1.54, 1.807) is 24.3 Å². The number of hydrogen-bond acceptors (Lipinski definition) is 3. The zero-order valence-corrected chi connectivity index (χ0v) is 8.88. The summed E-state index contributed by atoms with van der Waals surface area (Å²) in [6.45, 7) is -0.624. The van der Waals surface area contributed by atoms with E-state index < -0.39 is 13.0 Å². The van der Waals surface area contributed by atoms with Crippen molar-refractivity contribution in [2.24, 2.45) is 21.7 Å². The zero-order valence-electron chi connectivity index (χ0n) is 8.88. The first-order valence-corrected chi connectivity index (χ1v) is 4.71. The van der Waals surface area contributed by atoms with Crippen LogP contribution in [-0.2, 0) is 0 Å². The molecule has 0 saturated heterocycles. The third kappa shape index (κ3) is 5.45. The molecule has 0 saturated carbocycles. The largest absolute Gasteiger partial charge is 0.488 e. The lowest BCUT2D eigenvalue weighted by atomic mass is 10.2. The monoisotopic (exact) mass is 242 g/mol. The molecule has 7 heteroatoms. The van der Waals surface area contributed by atoms with Gasteiger partial charge < -0.3 is 16.2 Å². The van der Waals surface area contributed by atoms with E-state index in [0.29, 0.717) is 5.75 Å². The van der Waals surface area contributed by atoms with Gasteiger partial charge in [-0.05, 0) is 29.8 Å². The van der Waals surface area contributed by atoms with Gasteiger partial charge in [-0.2, -0.15) is 5.10 Å². The highest BCUT2D eigenvalue weighted by Gasteiger charge is 2.02. The van der Waals surface area contributed by atoms with Crippen LogP contribution >= 0.6 is 0 Å². The molecule has 0 atom stereocenters. The number of nitrogens with zero attached hydrogens (tertiary/aromatic N) is 2. The fraction of sp³-hybridized carbons (Fsp3) is 0.200. The minimum absolute atomic E-state index is 0.141. The van der Waals surface area contributed by atoms with E-state index in [4.69, 9.17) is 16.2 Å². The lowest BCUT2D eigenvalue weighted by Crippen LogP contribution is -2.21. The second-order valence-corrected chi connectivity index (χ2v) is 3.04. The van der Waals surface area contributed by atoms with Gasteiger partial charge in [0.05, 0.1) is 6.21 Å². The Morgan fingerprint density at radius 2 is 1.94 bits per heavy atom. The van der Waals surface area contributed by atoms with Crippen LogP contribution in [0.1, 0.15) is 5.56 Å². The molecule has 0 unspecified atom stereocenters. The van der Waals surface area contributed by atoms with Crippen molar-refractivity contribution >= 4 is 12.2 Å². The lowest BCUT2D eigenvalue weighted by molar-refractivity contribution is 0.0819. The molecule has 0 aliphatic rings. The predicted octanol–water partition coefficient (Wildman–Crippen LogP) is 0.938. The smallest absolute Gasteiger partial charge is 0.272 e. The molecule has 0 spiro atoms. The zero-order chi connectivity index (χ0) is 12.7. The highest BCUT2D eigenvalue weighted by molar-refractivity contribution is 5.81. The maximum absolute atomic E-state index is 11.9. The average Bonchev–Trinajstić information content (AvgIpc) is 2.27. The van der Waals surface area contributed by atoms with Crippen LogP contribution in [0.4, 0.5) is 8.78 Å². The molecule has 0 amide bonds. The van der Waals surface area contributed by atoms with Crippen LogP contribution in [0, 0.1) is 0 Å². The van der Waals surface area contributed by atoms with E-state index in [2.05, 4.69) is 10.2 Å². The fourth-order valence-corrected chi connectivity index (χ4v) is 0.972. The SMILES string of the molecule is NC(N)=NN=Cc1ccc(OCC(F)F)cc1. The lowest BCUT2D eigenvalue weighted by Gasteiger charge is -2.04. The van der Waals surface area contributed by atoms with Gasteiger partial charge in [0.2, 0.25) is 5.96 Å². The first kappa shape index (κ1) is 12.9. The first-order chi connectivity index (χ1) is 8.08. The van der Waals surface area contributed by atoms with Crippen LogP contribution in [0.25, 0.3) is 0 Å². The number of benzene rings is 1. The number of rotatable bonds is 5. The van der Waals surface area contributed by atoms with Crippen LogP contribution in [0.15, 0.2) is 34.5 Å². The van der Waals surface area contributed by atoms with Gasteiger partial charge >= 0.3 is 0 Å².